The highest BCUT2D eigenvalue weighted by atomic mass is 35.5. The lowest BCUT2D eigenvalue weighted by Gasteiger charge is -2.13. The smallest absolute Gasteiger partial charge is 0.344 e. The predicted octanol–water partition coefficient (Wildman–Crippen LogP) is 3.94. The Kier molecular flexibility index (Phi) is 9.06. The predicted molar refractivity (Wildman–Crippen MR) is 129 cm³/mol. The van der Waals surface area contributed by atoms with E-state index in [9.17, 15) is 18.3 Å². The van der Waals surface area contributed by atoms with Gasteiger partial charge in [0.25, 0.3) is 0 Å². The number of carbonyl (C=O) groups is 1. The summed E-state index contributed by atoms with van der Waals surface area (Å²) in [6.07, 6.45) is -0.706. The third-order valence-electron chi connectivity index (χ3n) is 4.93. The summed E-state index contributed by atoms with van der Waals surface area (Å²) in [4.78, 5) is 11.6. The van der Waals surface area contributed by atoms with Crippen LogP contribution < -0.4 is 10.1 Å². The van der Waals surface area contributed by atoms with Crippen LogP contribution in [0.2, 0.25) is 5.02 Å². The van der Waals surface area contributed by atoms with Crippen LogP contribution >= 0.6 is 11.6 Å². The fourth-order valence-electron chi connectivity index (χ4n) is 3.17. The van der Waals surface area contributed by atoms with Crippen LogP contribution in [0.1, 0.15) is 24.2 Å². The monoisotopic (exact) mass is 503 g/mol. The van der Waals surface area contributed by atoms with E-state index in [2.05, 4.69) is 5.32 Å². The normalized spacial score (nSPS) is 12.2. The van der Waals surface area contributed by atoms with Crippen molar-refractivity contribution >= 4 is 27.4 Å². The van der Waals surface area contributed by atoms with Gasteiger partial charge in [-0.05, 0) is 66.6 Å². The van der Waals surface area contributed by atoms with Crippen molar-refractivity contribution in [1.29, 1.82) is 0 Å². The van der Waals surface area contributed by atoms with Crippen LogP contribution in [0.15, 0.2) is 82.6 Å². The molecule has 0 spiro atoms. The minimum Gasteiger partial charge on any atom is -0.482 e. The highest BCUT2D eigenvalue weighted by molar-refractivity contribution is 7.91. The summed E-state index contributed by atoms with van der Waals surface area (Å²) in [5, 5.41) is 14.0. The average Bonchev–Trinajstić information content (AvgIpc) is 2.83. The minimum atomic E-state index is -3.71. The van der Waals surface area contributed by atoms with Crippen LogP contribution in [0, 0.1) is 0 Å². The molecule has 34 heavy (non-hydrogen) atoms. The Labute approximate surface area is 204 Å². The lowest BCUT2D eigenvalue weighted by Crippen LogP contribution is -2.21. The van der Waals surface area contributed by atoms with Crippen molar-refractivity contribution in [3.8, 4) is 5.75 Å². The first kappa shape index (κ1) is 25.7. The van der Waals surface area contributed by atoms with Crippen molar-refractivity contribution < 1.29 is 27.8 Å². The van der Waals surface area contributed by atoms with Gasteiger partial charge >= 0.3 is 5.97 Å². The number of nitrogens with one attached hydrogen (secondary N) is 1. The van der Waals surface area contributed by atoms with Gasteiger partial charge in [0.05, 0.1) is 22.5 Å². The van der Waals surface area contributed by atoms with Crippen LogP contribution in [0.4, 0.5) is 0 Å². The number of hydrogen-bond acceptors (Lipinski definition) is 7. The number of aliphatic hydroxyl groups excluding tert-OH is 1. The molecule has 2 N–H and O–H groups in total. The number of carbonyl (C=O) groups excluding carboxylic acids is 1. The lowest BCUT2D eigenvalue weighted by molar-refractivity contribution is -0.145. The van der Waals surface area contributed by atoms with Gasteiger partial charge in [-0.2, -0.15) is 0 Å². The molecular formula is C25H26ClNO6S. The number of aliphatic hydroxyl groups is 1. The molecule has 3 aromatic carbocycles. The zero-order chi connectivity index (χ0) is 24.6. The molecule has 3 aromatic rings. The Morgan fingerprint density at radius 2 is 1.68 bits per heavy atom. The van der Waals surface area contributed by atoms with E-state index in [4.69, 9.17) is 21.1 Å². The summed E-state index contributed by atoms with van der Waals surface area (Å²) in [6.45, 7) is 2.51. The van der Waals surface area contributed by atoms with Crippen LogP contribution in [-0.4, -0.2) is 39.3 Å². The number of benzene rings is 3. The molecule has 3 rings (SSSR count). The highest BCUT2D eigenvalue weighted by Gasteiger charge is 2.18. The Hall–Kier alpha value is -2.91. The van der Waals surface area contributed by atoms with Crippen molar-refractivity contribution in [3.63, 3.8) is 0 Å². The van der Waals surface area contributed by atoms with Gasteiger partial charge in [-0.25, -0.2) is 13.2 Å². The molecule has 9 heteroatoms. The van der Waals surface area contributed by atoms with Gasteiger partial charge in [0.1, 0.15) is 5.75 Å². The number of esters is 1. The number of halogens is 1. The third-order valence-corrected chi connectivity index (χ3v) is 6.95. The number of ether oxygens (including phenoxy) is 2. The Bertz CT molecular complexity index is 1200. The van der Waals surface area contributed by atoms with Crippen molar-refractivity contribution in [2.75, 3.05) is 19.8 Å². The van der Waals surface area contributed by atoms with Gasteiger partial charge in [-0.1, -0.05) is 35.9 Å². The van der Waals surface area contributed by atoms with Gasteiger partial charge < -0.3 is 19.9 Å². The topological polar surface area (TPSA) is 102 Å². The van der Waals surface area contributed by atoms with E-state index in [-0.39, 0.29) is 23.0 Å². The SMILES string of the molecule is CCOC(=O)COc1ccc(S(=O)(=O)c2ccc(CNC[C@H](O)c3cccc(Cl)c3)cc2)cc1. The quantitative estimate of drug-likeness (QED) is 0.382. The van der Waals surface area contributed by atoms with Crippen molar-refractivity contribution in [2.24, 2.45) is 0 Å². The van der Waals surface area contributed by atoms with E-state index < -0.39 is 21.9 Å². The first-order valence-corrected chi connectivity index (χ1v) is 12.5. The largest absolute Gasteiger partial charge is 0.482 e. The molecule has 0 aliphatic rings. The summed E-state index contributed by atoms with van der Waals surface area (Å²) in [5.41, 5.74) is 1.60. The minimum absolute atomic E-state index is 0.117. The van der Waals surface area contributed by atoms with Gasteiger partial charge in [0.15, 0.2) is 6.61 Å². The molecule has 0 unspecified atom stereocenters. The second-order valence-corrected chi connectivity index (χ2v) is 9.80. The molecule has 0 heterocycles. The van der Waals surface area contributed by atoms with Crippen LogP contribution in [-0.2, 0) is 25.9 Å². The van der Waals surface area contributed by atoms with E-state index in [0.29, 0.717) is 23.9 Å². The Morgan fingerprint density at radius 3 is 2.29 bits per heavy atom. The molecule has 180 valence electrons. The van der Waals surface area contributed by atoms with Crippen molar-refractivity contribution in [1.82, 2.24) is 5.32 Å². The molecule has 0 bridgehead atoms. The Morgan fingerprint density at radius 1 is 1.03 bits per heavy atom. The Balaban J connectivity index is 1.56. The molecule has 0 saturated heterocycles. The molecule has 0 aliphatic heterocycles. The number of sulfone groups is 1. The van der Waals surface area contributed by atoms with Gasteiger partial charge in [0.2, 0.25) is 9.84 Å². The van der Waals surface area contributed by atoms with E-state index in [1.807, 2.05) is 0 Å². The summed E-state index contributed by atoms with van der Waals surface area (Å²) in [7, 11) is -3.71. The maximum atomic E-state index is 12.9. The summed E-state index contributed by atoms with van der Waals surface area (Å²) in [6, 6.07) is 19.4. The van der Waals surface area contributed by atoms with Gasteiger partial charge in [-0.3, -0.25) is 0 Å². The first-order chi connectivity index (χ1) is 16.3. The molecule has 0 amide bonds. The highest BCUT2D eigenvalue weighted by Crippen LogP contribution is 2.24. The molecule has 7 nitrogen and oxygen atoms in total. The first-order valence-electron chi connectivity index (χ1n) is 10.7. The third kappa shape index (κ3) is 7.04. The summed E-state index contributed by atoms with van der Waals surface area (Å²) < 4.78 is 35.9. The van der Waals surface area contributed by atoms with E-state index in [1.54, 1.807) is 55.5 Å². The average molecular weight is 504 g/mol. The zero-order valence-corrected chi connectivity index (χ0v) is 20.2. The molecular weight excluding hydrogens is 478 g/mol. The number of rotatable bonds is 11. The summed E-state index contributed by atoms with van der Waals surface area (Å²) >= 11 is 5.95. The molecule has 0 radical (unpaired) electrons. The second kappa shape index (κ2) is 12.0. The van der Waals surface area contributed by atoms with Crippen LogP contribution in [0.3, 0.4) is 0 Å². The fourth-order valence-corrected chi connectivity index (χ4v) is 4.63. The fraction of sp³-hybridized carbons (Fsp3) is 0.240. The lowest BCUT2D eigenvalue weighted by atomic mass is 10.1. The van der Waals surface area contributed by atoms with Crippen LogP contribution in [0.5, 0.6) is 5.75 Å². The van der Waals surface area contributed by atoms with Gasteiger partial charge in [-0.15, -0.1) is 0 Å². The van der Waals surface area contributed by atoms with E-state index in [0.717, 1.165) is 11.1 Å². The molecule has 0 aliphatic carbocycles. The zero-order valence-electron chi connectivity index (χ0n) is 18.6. The molecule has 1 atom stereocenters. The molecule has 0 saturated carbocycles. The number of hydrogen-bond donors (Lipinski definition) is 2. The second-order valence-electron chi connectivity index (χ2n) is 7.41. The van der Waals surface area contributed by atoms with E-state index >= 15 is 0 Å². The summed E-state index contributed by atoms with van der Waals surface area (Å²) in [5.74, 6) is -0.124. The maximum Gasteiger partial charge on any atom is 0.344 e. The van der Waals surface area contributed by atoms with Gasteiger partial charge in [0, 0.05) is 18.1 Å². The molecule has 0 aromatic heterocycles. The standard InChI is InChI=1S/C25H26ClNO6S/c1-2-32-25(29)17-33-21-8-12-23(13-9-21)34(30,31)22-10-6-18(7-11-22)15-27-16-24(28)19-4-3-5-20(26)14-19/h3-14,24,27-28H,2,15-17H2,1H3/t24-/m0/s1. The van der Waals surface area contributed by atoms with E-state index in [1.165, 1.54) is 24.3 Å². The molecule has 0 fully saturated rings. The maximum absolute atomic E-state index is 12.9. The van der Waals surface area contributed by atoms with Crippen molar-refractivity contribution in [3.05, 3.63) is 88.9 Å². The van der Waals surface area contributed by atoms with Crippen molar-refractivity contribution in [2.45, 2.75) is 29.4 Å². The van der Waals surface area contributed by atoms with Crippen LogP contribution in [0.25, 0.3) is 0 Å².